The fraction of sp³-hybridized carbons (Fsp3) is 0.500. The summed E-state index contributed by atoms with van der Waals surface area (Å²) in [6.07, 6.45) is 9.49. The van der Waals surface area contributed by atoms with Crippen molar-refractivity contribution in [2.45, 2.75) is 64.1 Å². The zero-order valence-electron chi connectivity index (χ0n) is 15.2. The maximum absolute atomic E-state index is 11.2. The molecule has 3 rings (SSSR count). The van der Waals surface area contributed by atoms with E-state index in [1.807, 2.05) is 22.9 Å². The molecule has 0 atom stereocenters. The average molecular weight is 356 g/mol. The Morgan fingerprint density at radius 3 is 2.69 bits per heavy atom. The highest BCUT2D eigenvalue weighted by Gasteiger charge is 2.16. The molecule has 0 saturated heterocycles. The number of rotatable bonds is 8. The lowest BCUT2D eigenvalue weighted by atomic mass is 9.95. The Labute approximate surface area is 154 Å². The highest BCUT2D eigenvalue weighted by molar-refractivity contribution is 5.74. The summed E-state index contributed by atoms with van der Waals surface area (Å²) >= 11 is 0. The quantitative estimate of drug-likeness (QED) is 0.501. The van der Waals surface area contributed by atoms with Gasteiger partial charge in [-0.2, -0.15) is 5.10 Å². The van der Waals surface area contributed by atoms with Crippen LogP contribution in [0.5, 0.6) is 0 Å². The van der Waals surface area contributed by atoms with E-state index in [2.05, 4.69) is 23.6 Å². The second kappa shape index (κ2) is 9.50. The van der Waals surface area contributed by atoms with E-state index in [0.717, 1.165) is 17.8 Å². The minimum absolute atomic E-state index is 0.284. The predicted molar refractivity (Wildman–Crippen MR) is 101 cm³/mol. The van der Waals surface area contributed by atoms with Crippen LogP contribution in [-0.2, 0) is 17.9 Å². The van der Waals surface area contributed by atoms with Gasteiger partial charge in [0, 0.05) is 42.9 Å². The van der Waals surface area contributed by atoms with E-state index in [9.17, 15) is 4.79 Å². The number of hydrogen-bond donors (Lipinski definition) is 3. The van der Waals surface area contributed by atoms with Gasteiger partial charge in [0.2, 0.25) is 5.91 Å². The summed E-state index contributed by atoms with van der Waals surface area (Å²) in [6, 6.07) is 10.8. The third-order valence-electron chi connectivity index (χ3n) is 4.99. The van der Waals surface area contributed by atoms with Crippen molar-refractivity contribution in [1.29, 1.82) is 0 Å². The summed E-state index contributed by atoms with van der Waals surface area (Å²) < 4.78 is 1.91. The number of aryl methyl sites for hydroxylation is 1. The molecular weight excluding hydrogens is 328 g/mol. The lowest BCUT2D eigenvalue weighted by Gasteiger charge is -2.22. The molecule has 3 N–H and O–H groups in total. The van der Waals surface area contributed by atoms with Crippen LogP contribution in [0.15, 0.2) is 36.5 Å². The van der Waals surface area contributed by atoms with Crippen LogP contribution in [0.3, 0.4) is 0 Å². The van der Waals surface area contributed by atoms with Gasteiger partial charge in [0.25, 0.3) is 0 Å². The molecule has 1 aromatic heterocycles. The van der Waals surface area contributed by atoms with Gasteiger partial charge in [0.05, 0.1) is 5.69 Å². The number of carbonyl (C=O) groups excluding carboxylic acids is 1. The Balaban J connectivity index is 1.69. The van der Waals surface area contributed by atoms with Gasteiger partial charge in [0.15, 0.2) is 0 Å². The molecule has 0 spiro atoms. The van der Waals surface area contributed by atoms with E-state index in [4.69, 9.17) is 10.3 Å². The maximum atomic E-state index is 11.2. The normalized spacial score (nSPS) is 15.1. The summed E-state index contributed by atoms with van der Waals surface area (Å²) in [5, 5.41) is 17.0. The lowest BCUT2D eigenvalue weighted by molar-refractivity contribution is -0.129. The molecule has 0 unspecified atom stereocenters. The van der Waals surface area contributed by atoms with Crippen LogP contribution in [0, 0.1) is 0 Å². The third-order valence-corrected chi connectivity index (χ3v) is 4.99. The first-order valence-electron chi connectivity index (χ1n) is 9.54. The van der Waals surface area contributed by atoms with Crippen molar-refractivity contribution in [3.05, 3.63) is 42.1 Å². The minimum Gasteiger partial charge on any atom is -0.310 e. The number of carbonyl (C=O) groups is 1. The van der Waals surface area contributed by atoms with Crippen LogP contribution in [0.2, 0.25) is 0 Å². The van der Waals surface area contributed by atoms with Gasteiger partial charge in [-0.3, -0.25) is 14.7 Å². The molecule has 26 heavy (non-hydrogen) atoms. The van der Waals surface area contributed by atoms with Crippen LogP contribution in [0.4, 0.5) is 0 Å². The first kappa shape index (κ1) is 18.6. The van der Waals surface area contributed by atoms with Crippen molar-refractivity contribution in [1.82, 2.24) is 20.6 Å². The standard InChI is InChI=1S/C20H28N4O2/c25-19(23-26)12-7-13-24-15-17(14-21-18-10-5-2-6-11-18)20(22-24)16-8-3-1-4-9-16/h1,3-4,8-9,15,18,21,26H,2,5-7,10-14H2,(H,23,25). The second-order valence-electron chi connectivity index (χ2n) is 6.99. The SMILES string of the molecule is O=C(CCCn1cc(CNC2CCCCC2)c(-c2ccccc2)n1)NO. The van der Waals surface area contributed by atoms with Crippen molar-refractivity contribution in [3.63, 3.8) is 0 Å². The minimum atomic E-state index is -0.361. The summed E-state index contributed by atoms with van der Waals surface area (Å²) in [7, 11) is 0. The van der Waals surface area contributed by atoms with E-state index in [-0.39, 0.29) is 12.3 Å². The molecule has 140 valence electrons. The number of nitrogens with one attached hydrogen (secondary N) is 2. The van der Waals surface area contributed by atoms with Crippen molar-refractivity contribution in [3.8, 4) is 11.3 Å². The van der Waals surface area contributed by atoms with Crippen LogP contribution in [-0.4, -0.2) is 26.9 Å². The number of benzene rings is 1. The van der Waals surface area contributed by atoms with Crippen molar-refractivity contribution >= 4 is 5.91 Å². The van der Waals surface area contributed by atoms with Gasteiger partial charge in [-0.15, -0.1) is 0 Å². The molecule has 1 saturated carbocycles. The zero-order chi connectivity index (χ0) is 18.2. The first-order valence-corrected chi connectivity index (χ1v) is 9.54. The summed E-state index contributed by atoms with van der Waals surface area (Å²) in [5.41, 5.74) is 4.97. The van der Waals surface area contributed by atoms with E-state index in [0.29, 0.717) is 19.0 Å². The van der Waals surface area contributed by atoms with Crippen molar-refractivity contribution in [2.75, 3.05) is 0 Å². The Bertz CT molecular complexity index is 693. The maximum Gasteiger partial charge on any atom is 0.243 e. The number of hydroxylamine groups is 1. The first-order chi connectivity index (χ1) is 12.8. The number of nitrogens with zero attached hydrogens (tertiary/aromatic N) is 2. The molecule has 0 aliphatic heterocycles. The molecule has 1 amide bonds. The molecule has 1 aliphatic rings. The Morgan fingerprint density at radius 1 is 1.19 bits per heavy atom. The van der Waals surface area contributed by atoms with Crippen LogP contribution in [0.1, 0.15) is 50.5 Å². The predicted octanol–water partition coefficient (Wildman–Crippen LogP) is 3.26. The van der Waals surface area contributed by atoms with Crippen molar-refractivity contribution < 1.29 is 10.0 Å². The molecule has 2 aromatic rings. The zero-order valence-corrected chi connectivity index (χ0v) is 15.2. The molecular formula is C20H28N4O2. The van der Waals surface area contributed by atoms with Crippen LogP contribution < -0.4 is 10.8 Å². The highest BCUT2D eigenvalue weighted by atomic mass is 16.5. The molecule has 6 heteroatoms. The lowest BCUT2D eigenvalue weighted by Crippen LogP contribution is -2.30. The monoisotopic (exact) mass is 356 g/mol. The molecule has 1 aromatic carbocycles. The van der Waals surface area contributed by atoms with E-state index in [1.54, 1.807) is 5.48 Å². The largest absolute Gasteiger partial charge is 0.310 e. The number of hydrogen-bond acceptors (Lipinski definition) is 4. The summed E-state index contributed by atoms with van der Waals surface area (Å²) in [4.78, 5) is 11.2. The van der Waals surface area contributed by atoms with E-state index < -0.39 is 0 Å². The number of aromatic nitrogens is 2. The average Bonchev–Trinajstić information content (AvgIpc) is 3.11. The Hall–Kier alpha value is -2.18. The molecule has 0 bridgehead atoms. The smallest absolute Gasteiger partial charge is 0.243 e. The van der Waals surface area contributed by atoms with Crippen LogP contribution in [0.25, 0.3) is 11.3 Å². The summed E-state index contributed by atoms with van der Waals surface area (Å²) in [6.45, 7) is 1.46. The van der Waals surface area contributed by atoms with Crippen LogP contribution >= 0.6 is 0 Å². The van der Waals surface area contributed by atoms with Gasteiger partial charge in [-0.25, -0.2) is 5.48 Å². The third kappa shape index (κ3) is 5.16. The molecule has 1 aliphatic carbocycles. The van der Waals surface area contributed by atoms with Crippen molar-refractivity contribution in [2.24, 2.45) is 0 Å². The van der Waals surface area contributed by atoms with E-state index >= 15 is 0 Å². The summed E-state index contributed by atoms with van der Waals surface area (Å²) in [5.74, 6) is -0.361. The molecule has 1 fully saturated rings. The van der Waals surface area contributed by atoms with Gasteiger partial charge < -0.3 is 5.32 Å². The fourth-order valence-electron chi connectivity index (χ4n) is 3.56. The van der Waals surface area contributed by atoms with Gasteiger partial charge in [-0.1, -0.05) is 49.6 Å². The molecule has 6 nitrogen and oxygen atoms in total. The van der Waals surface area contributed by atoms with Gasteiger partial charge in [0.1, 0.15) is 0 Å². The number of amides is 1. The molecule has 0 radical (unpaired) electrons. The van der Waals surface area contributed by atoms with Gasteiger partial charge >= 0.3 is 0 Å². The fourth-order valence-corrected chi connectivity index (χ4v) is 3.56. The topological polar surface area (TPSA) is 79.2 Å². The molecule has 1 heterocycles. The highest BCUT2D eigenvalue weighted by Crippen LogP contribution is 2.23. The second-order valence-corrected chi connectivity index (χ2v) is 6.99. The Kier molecular flexibility index (Phi) is 6.80. The van der Waals surface area contributed by atoms with E-state index in [1.165, 1.54) is 37.7 Å². The van der Waals surface area contributed by atoms with Gasteiger partial charge in [-0.05, 0) is 19.3 Å². The Morgan fingerprint density at radius 2 is 1.96 bits per heavy atom.